The molecule has 0 saturated carbocycles. The van der Waals surface area contributed by atoms with Crippen molar-refractivity contribution in [2.24, 2.45) is 0 Å². The van der Waals surface area contributed by atoms with E-state index in [0.717, 1.165) is 35.1 Å². The number of hydrogen-bond donors (Lipinski definition) is 0. The van der Waals surface area contributed by atoms with Crippen molar-refractivity contribution < 1.29 is 28.6 Å². The Morgan fingerprint density at radius 2 is 1.26 bits per heavy atom. The summed E-state index contributed by atoms with van der Waals surface area (Å²) in [5.41, 5.74) is 4.96. The summed E-state index contributed by atoms with van der Waals surface area (Å²) in [5.74, 6) is -1.75. The van der Waals surface area contributed by atoms with Crippen molar-refractivity contribution in [1.82, 2.24) is 0 Å². The highest BCUT2D eigenvalue weighted by Crippen LogP contribution is 2.28. The number of esters is 3. The molecule has 2 aliphatic rings. The molecule has 0 N–H and O–H groups in total. The first-order valence-electron chi connectivity index (χ1n) is 10.8. The molecule has 5 rings (SSSR count). The molecule has 0 bridgehead atoms. The van der Waals surface area contributed by atoms with E-state index in [4.69, 9.17) is 14.2 Å². The second-order valence-electron chi connectivity index (χ2n) is 7.97. The number of benzene rings is 3. The van der Waals surface area contributed by atoms with Gasteiger partial charge in [0, 0.05) is 0 Å². The fraction of sp³-hybridized carbons (Fsp3) is 0.107. The van der Waals surface area contributed by atoms with Gasteiger partial charge in [0.25, 0.3) is 0 Å². The smallest absolute Gasteiger partial charge is 0.343 e. The van der Waals surface area contributed by atoms with Gasteiger partial charge in [-0.2, -0.15) is 0 Å². The van der Waals surface area contributed by atoms with E-state index in [9.17, 15) is 14.4 Å². The van der Waals surface area contributed by atoms with Gasteiger partial charge >= 0.3 is 17.9 Å². The molecule has 6 nitrogen and oxygen atoms in total. The summed E-state index contributed by atoms with van der Waals surface area (Å²) in [5, 5.41) is 0. The van der Waals surface area contributed by atoms with E-state index in [2.05, 4.69) is 0 Å². The Morgan fingerprint density at radius 3 is 1.85 bits per heavy atom. The largest absolute Gasteiger partial charge is 0.465 e. The van der Waals surface area contributed by atoms with Gasteiger partial charge in [-0.3, -0.25) is 0 Å². The van der Waals surface area contributed by atoms with E-state index in [1.165, 1.54) is 25.3 Å². The molecule has 34 heavy (non-hydrogen) atoms. The lowest BCUT2D eigenvalue weighted by Gasteiger charge is -2.12. The minimum absolute atomic E-state index is 0.00959. The summed E-state index contributed by atoms with van der Waals surface area (Å²) in [6.45, 7) is 0. The zero-order valence-electron chi connectivity index (χ0n) is 18.4. The number of allylic oxidation sites excluding steroid dienone is 2. The third-order valence-corrected chi connectivity index (χ3v) is 5.80. The molecule has 0 unspecified atom stereocenters. The van der Waals surface area contributed by atoms with Crippen LogP contribution in [0.2, 0.25) is 0 Å². The highest BCUT2D eigenvalue weighted by atomic mass is 16.5. The molecule has 3 aromatic rings. The van der Waals surface area contributed by atoms with Crippen LogP contribution in [0.4, 0.5) is 0 Å². The lowest BCUT2D eigenvalue weighted by atomic mass is 10.1. The Kier molecular flexibility index (Phi) is 5.55. The number of fused-ring (bicyclic) bond motifs is 2. The van der Waals surface area contributed by atoms with E-state index < -0.39 is 17.9 Å². The second kappa shape index (κ2) is 8.83. The SMILES string of the molecule is COC(=O)c1cc(OC(=O)c2ccc3c(c2)C=CC3)ccc1OC(=O)c1ccc2c(c1)C=CC2. The van der Waals surface area contributed by atoms with Crippen molar-refractivity contribution in [3.63, 3.8) is 0 Å². The fourth-order valence-electron chi connectivity index (χ4n) is 4.01. The van der Waals surface area contributed by atoms with Gasteiger partial charge in [-0.1, -0.05) is 36.4 Å². The molecule has 0 radical (unpaired) electrons. The Hall–Kier alpha value is -4.45. The second-order valence-corrected chi connectivity index (χ2v) is 7.97. The van der Waals surface area contributed by atoms with Crippen molar-refractivity contribution in [3.8, 4) is 11.5 Å². The maximum atomic E-state index is 12.7. The van der Waals surface area contributed by atoms with Crippen LogP contribution in [-0.4, -0.2) is 25.0 Å². The predicted molar refractivity (Wildman–Crippen MR) is 126 cm³/mol. The lowest BCUT2D eigenvalue weighted by Crippen LogP contribution is -2.14. The highest BCUT2D eigenvalue weighted by Gasteiger charge is 2.21. The van der Waals surface area contributed by atoms with Gasteiger partial charge < -0.3 is 14.2 Å². The zero-order chi connectivity index (χ0) is 23.7. The third-order valence-electron chi connectivity index (χ3n) is 5.80. The lowest BCUT2D eigenvalue weighted by molar-refractivity contribution is 0.0589. The van der Waals surface area contributed by atoms with Crippen LogP contribution in [0, 0.1) is 0 Å². The molecule has 0 spiro atoms. The Morgan fingerprint density at radius 1 is 0.676 bits per heavy atom. The van der Waals surface area contributed by atoms with Gasteiger partial charge in [-0.05, 0) is 77.6 Å². The van der Waals surface area contributed by atoms with Crippen LogP contribution >= 0.6 is 0 Å². The highest BCUT2D eigenvalue weighted by molar-refractivity contribution is 5.97. The normalized spacial score (nSPS) is 12.7. The first-order chi connectivity index (χ1) is 16.5. The summed E-state index contributed by atoms with van der Waals surface area (Å²) in [6.07, 6.45) is 9.64. The number of rotatable bonds is 5. The molecule has 2 aliphatic carbocycles. The topological polar surface area (TPSA) is 78.9 Å². The molecule has 0 amide bonds. The van der Waals surface area contributed by atoms with E-state index in [-0.39, 0.29) is 17.1 Å². The van der Waals surface area contributed by atoms with Crippen molar-refractivity contribution in [1.29, 1.82) is 0 Å². The van der Waals surface area contributed by atoms with Crippen LogP contribution < -0.4 is 9.47 Å². The first kappa shape index (κ1) is 21.4. The average Bonchev–Trinajstić information content (AvgIpc) is 3.52. The average molecular weight is 452 g/mol. The maximum absolute atomic E-state index is 12.7. The van der Waals surface area contributed by atoms with Crippen LogP contribution in [0.1, 0.15) is 53.3 Å². The maximum Gasteiger partial charge on any atom is 0.343 e. The van der Waals surface area contributed by atoms with Crippen molar-refractivity contribution in [2.75, 3.05) is 7.11 Å². The predicted octanol–water partition coefficient (Wildman–Crippen LogP) is 5.05. The van der Waals surface area contributed by atoms with E-state index in [1.54, 1.807) is 24.3 Å². The van der Waals surface area contributed by atoms with Gasteiger partial charge in [0.05, 0.1) is 18.2 Å². The van der Waals surface area contributed by atoms with Gasteiger partial charge in [0.2, 0.25) is 0 Å². The van der Waals surface area contributed by atoms with Crippen LogP contribution in [-0.2, 0) is 17.6 Å². The Labute approximate surface area is 196 Å². The third kappa shape index (κ3) is 4.13. The summed E-state index contributed by atoms with van der Waals surface area (Å²) >= 11 is 0. The number of ether oxygens (including phenoxy) is 3. The summed E-state index contributed by atoms with van der Waals surface area (Å²) in [7, 11) is 1.22. The van der Waals surface area contributed by atoms with Crippen LogP contribution in [0.15, 0.2) is 66.7 Å². The van der Waals surface area contributed by atoms with E-state index >= 15 is 0 Å². The molecule has 0 aromatic heterocycles. The summed E-state index contributed by atoms with van der Waals surface area (Å²) in [6, 6.07) is 14.9. The molecule has 0 fully saturated rings. The number of methoxy groups -OCH3 is 1. The standard InChI is InChI=1S/C28H20O6/c1-32-28(31)24-16-23(33-26(29)21-10-8-17-4-2-6-19(17)14-21)12-13-25(24)34-27(30)22-11-9-18-5-3-7-20(18)15-22/h2-3,6-16H,4-5H2,1H3. The monoisotopic (exact) mass is 452 g/mol. The molecule has 3 aromatic carbocycles. The molecule has 0 atom stereocenters. The fourth-order valence-corrected chi connectivity index (χ4v) is 4.01. The molecule has 6 heteroatoms. The number of hydrogen-bond acceptors (Lipinski definition) is 6. The minimum atomic E-state index is -0.722. The van der Waals surface area contributed by atoms with Crippen molar-refractivity contribution >= 4 is 30.1 Å². The van der Waals surface area contributed by atoms with E-state index in [0.29, 0.717) is 11.1 Å². The zero-order valence-corrected chi connectivity index (χ0v) is 18.4. The van der Waals surface area contributed by atoms with E-state index in [1.807, 2.05) is 36.4 Å². The van der Waals surface area contributed by atoms with Gasteiger partial charge in [0.1, 0.15) is 17.1 Å². The van der Waals surface area contributed by atoms with Gasteiger partial charge in [-0.15, -0.1) is 0 Å². The molecule has 168 valence electrons. The molecule has 0 saturated heterocycles. The summed E-state index contributed by atoms with van der Waals surface area (Å²) < 4.78 is 15.8. The summed E-state index contributed by atoms with van der Waals surface area (Å²) in [4.78, 5) is 37.8. The van der Waals surface area contributed by atoms with Crippen LogP contribution in [0.5, 0.6) is 11.5 Å². The number of carbonyl (C=O) groups excluding carboxylic acids is 3. The number of carbonyl (C=O) groups is 3. The Balaban J connectivity index is 1.37. The van der Waals surface area contributed by atoms with Gasteiger partial charge in [0.15, 0.2) is 0 Å². The first-order valence-corrected chi connectivity index (χ1v) is 10.8. The molecular formula is C28H20O6. The van der Waals surface area contributed by atoms with Crippen molar-refractivity contribution in [3.05, 3.63) is 106 Å². The van der Waals surface area contributed by atoms with Crippen molar-refractivity contribution in [2.45, 2.75) is 12.8 Å². The Bertz CT molecular complexity index is 1400. The molecule has 0 aliphatic heterocycles. The van der Waals surface area contributed by atoms with Crippen LogP contribution in [0.25, 0.3) is 12.2 Å². The van der Waals surface area contributed by atoms with Gasteiger partial charge in [-0.25, -0.2) is 14.4 Å². The molecule has 0 heterocycles. The minimum Gasteiger partial charge on any atom is -0.465 e. The molecular weight excluding hydrogens is 432 g/mol. The van der Waals surface area contributed by atoms with Crippen LogP contribution in [0.3, 0.4) is 0 Å². The quantitative estimate of drug-likeness (QED) is 0.398.